The molecule has 0 aromatic heterocycles. The summed E-state index contributed by atoms with van der Waals surface area (Å²) in [5, 5.41) is 3.50. The summed E-state index contributed by atoms with van der Waals surface area (Å²) >= 11 is 0. The molecule has 0 saturated heterocycles. The molecule has 0 aliphatic carbocycles. The Morgan fingerprint density at radius 3 is 2.20 bits per heavy atom. The van der Waals surface area contributed by atoms with Crippen molar-refractivity contribution in [1.29, 1.82) is 0 Å². The van der Waals surface area contributed by atoms with E-state index in [9.17, 15) is 0 Å². The molecular weight excluding hydrogens is 186 g/mol. The van der Waals surface area contributed by atoms with Crippen LogP contribution in [0.15, 0.2) is 0 Å². The molecule has 0 heterocycles. The summed E-state index contributed by atoms with van der Waals surface area (Å²) in [4.78, 5) is 0. The van der Waals surface area contributed by atoms with E-state index in [-0.39, 0.29) is 0 Å². The first-order valence-electron chi connectivity index (χ1n) is 6.30. The Bertz CT molecular complexity index is 136. The van der Waals surface area contributed by atoms with Gasteiger partial charge in [-0.1, -0.05) is 40.5 Å². The molecule has 15 heavy (non-hydrogen) atoms. The lowest BCUT2D eigenvalue weighted by Crippen LogP contribution is -2.30. The summed E-state index contributed by atoms with van der Waals surface area (Å²) in [7, 11) is 1.78. The van der Waals surface area contributed by atoms with Crippen LogP contribution in [-0.4, -0.2) is 26.3 Å². The van der Waals surface area contributed by atoms with Crippen molar-refractivity contribution in [3.63, 3.8) is 0 Å². The lowest BCUT2D eigenvalue weighted by molar-refractivity contribution is 0.188. The number of nitrogens with one attached hydrogen (secondary N) is 1. The molecular formula is C13H29NO. The predicted molar refractivity (Wildman–Crippen MR) is 67.2 cm³/mol. The molecule has 0 aromatic carbocycles. The van der Waals surface area contributed by atoms with Gasteiger partial charge in [0.25, 0.3) is 0 Å². The lowest BCUT2D eigenvalue weighted by atomic mass is 9.91. The molecule has 92 valence electrons. The summed E-state index contributed by atoms with van der Waals surface area (Å²) < 4.78 is 5.05. The Balaban J connectivity index is 3.46. The zero-order valence-electron chi connectivity index (χ0n) is 11.2. The SMILES string of the molecule is COCCCCC(C)C(C)CNC(C)C. The molecule has 0 bridgehead atoms. The third-order valence-electron chi connectivity index (χ3n) is 3.08. The van der Waals surface area contributed by atoms with Gasteiger partial charge in [-0.2, -0.15) is 0 Å². The molecule has 0 radical (unpaired) electrons. The number of hydrogen-bond acceptors (Lipinski definition) is 2. The zero-order chi connectivity index (χ0) is 11.7. The average molecular weight is 215 g/mol. The van der Waals surface area contributed by atoms with Gasteiger partial charge in [0.15, 0.2) is 0 Å². The first kappa shape index (κ1) is 14.9. The predicted octanol–water partition coefficient (Wildman–Crippen LogP) is 3.07. The maximum absolute atomic E-state index is 5.05. The van der Waals surface area contributed by atoms with Gasteiger partial charge in [0.05, 0.1) is 0 Å². The van der Waals surface area contributed by atoms with Crippen LogP contribution in [0.1, 0.15) is 47.0 Å². The summed E-state index contributed by atoms with van der Waals surface area (Å²) in [5.74, 6) is 1.59. The van der Waals surface area contributed by atoms with Crippen molar-refractivity contribution >= 4 is 0 Å². The minimum Gasteiger partial charge on any atom is -0.385 e. The second-order valence-electron chi connectivity index (χ2n) is 5.01. The maximum atomic E-state index is 5.05. The van der Waals surface area contributed by atoms with Gasteiger partial charge in [-0.3, -0.25) is 0 Å². The Morgan fingerprint density at radius 2 is 1.67 bits per heavy atom. The molecule has 0 amide bonds. The van der Waals surface area contributed by atoms with Gasteiger partial charge in [-0.15, -0.1) is 0 Å². The van der Waals surface area contributed by atoms with Crippen molar-refractivity contribution in [2.24, 2.45) is 11.8 Å². The Morgan fingerprint density at radius 1 is 1.00 bits per heavy atom. The van der Waals surface area contributed by atoms with E-state index in [1.165, 1.54) is 19.3 Å². The van der Waals surface area contributed by atoms with Crippen LogP contribution in [0.3, 0.4) is 0 Å². The van der Waals surface area contributed by atoms with Gasteiger partial charge < -0.3 is 10.1 Å². The third-order valence-corrected chi connectivity index (χ3v) is 3.08. The number of ether oxygens (including phenoxy) is 1. The van der Waals surface area contributed by atoms with Crippen molar-refractivity contribution in [1.82, 2.24) is 5.32 Å². The molecule has 2 atom stereocenters. The van der Waals surface area contributed by atoms with E-state index in [4.69, 9.17) is 4.74 Å². The van der Waals surface area contributed by atoms with E-state index in [1.54, 1.807) is 7.11 Å². The fourth-order valence-corrected chi connectivity index (χ4v) is 1.62. The number of rotatable bonds is 9. The summed E-state index contributed by atoms with van der Waals surface area (Å²) in [5.41, 5.74) is 0. The van der Waals surface area contributed by atoms with E-state index in [1.807, 2.05) is 0 Å². The number of methoxy groups -OCH3 is 1. The Hall–Kier alpha value is -0.0800. The molecule has 0 aromatic rings. The second kappa shape index (κ2) is 9.17. The first-order valence-corrected chi connectivity index (χ1v) is 6.30. The van der Waals surface area contributed by atoms with Crippen LogP contribution >= 0.6 is 0 Å². The maximum Gasteiger partial charge on any atom is 0.0462 e. The largest absolute Gasteiger partial charge is 0.385 e. The summed E-state index contributed by atoms with van der Waals surface area (Å²) in [6.45, 7) is 11.2. The van der Waals surface area contributed by atoms with E-state index in [0.717, 1.165) is 25.0 Å². The monoisotopic (exact) mass is 215 g/mol. The molecule has 0 aliphatic rings. The third kappa shape index (κ3) is 8.88. The second-order valence-corrected chi connectivity index (χ2v) is 5.01. The highest BCUT2D eigenvalue weighted by Gasteiger charge is 2.11. The van der Waals surface area contributed by atoms with Crippen LogP contribution in [-0.2, 0) is 4.74 Å². The standard InChI is InChI=1S/C13H29NO/c1-11(2)14-10-13(4)12(3)8-6-7-9-15-5/h11-14H,6-10H2,1-5H3. The van der Waals surface area contributed by atoms with Gasteiger partial charge in [0, 0.05) is 19.8 Å². The van der Waals surface area contributed by atoms with Gasteiger partial charge in [-0.05, 0) is 24.8 Å². The topological polar surface area (TPSA) is 21.3 Å². The molecule has 0 aliphatic heterocycles. The quantitative estimate of drug-likeness (QED) is 0.597. The highest BCUT2D eigenvalue weighted by atomic mass is 16.5. The fraction of sp³-hybridized carbons (Fsp3) is 1.00. The molecule has 2 nitrogen and oxygen atoms in total. The molecule has 0 fully saturated rings. The van der Waals surface area contributed by atoms with E-state index in [0.29, 0.717) is 6.04 Å². The van der Waals surface area contributed by atoms with Crippen LogP contribution in [0.2, 0.25) is 0 Å². The van der Waals surface area contributed by atoms with Crippen molar-refractivity contribution in [2.45, 2.75) is 53.0 Å². The Labute approximate surface area is 95.8 Å². The molecule has 0 spiro atoms. The Kier molecular flexibility index (Phi) is 9.12. The highest BCUT2D eigenvalue weighted by Crippen LogP contribution is 2.17. The van der Waals surface area contributed by atoms with Crippen LogP contribution in [0.5, 0.6) is 0 Å². The smallest absolute Gasteiger partial charge is 0.0462 e. The minimum absolute atomic E-state index is 0.605. The molecule has 2 heteroatoms. The average Bonchev–Trinajstić information content (AvgIpc) is 2.20. The van der Waals surface area contributed by atoms with Crippen LogP contribution < -0.4 is 5.32 Å². The number of hydrogen-bond donors (Lipinski definition) is 1. The van der Waals surface area contributed by atoms with Crippen molar-refractivity contribution < 1.29 is 4.74 Å². The van der Waals surface area contributed by atoms with E-state index in [2.05, 4.69) is 33.0 Å². The highest BCUT2D eigenvalue weighted by molar-refractivity contribution is 4.66. The molecule has 0 saturated carbocycles. The molecule has 2 unspecified atom stereocenters. The van der Waals surface area contributed by atoms with Crippen molar-refractivity contribution in [3.05, 3.63) is 0 Å². The van der Waals surface area contributed by atoms with Crippen LogP contribution in [0.25, 0.3) is 0 Å². The van der Waals surface area contributed by atoms with Gasteiger partial charge in [0.2, 0.25) is 0 Å². The van der Waals surface area contributed by atoms with Crippen molar-refractivity contribution in [2.75, 3.05) is 20.3 Å². The molecule has 0 rings (SSSR count). The van der Waals surface area contributed by atoms with E-state index >= 15 is 0 Å². The molecule has 1 N–H and O–H groups in total. The van der Waals surface area contributed by atoms with Gasteiger partial charge in [-0.25, -0.2) is 0 Å². The summed E-state index contributed by atoms with van der Waals surface area (Å²) in [6, 6.07) is 0.605. The normalized spacial score (nSPS) is 15.6. The minimum atomic E-state index is 0.605. The zero-order valence-corrected chi connectivity index (χ0v) is 11.2. The van der Waals surface area contributed by atoms with E-state index < -0.39 is 0 Å². The summed E-state index contributed by atoms with van der Waals surface area (Å²) in [6.07, 6.45) is 3.82. The van der Waals surface area contributed by atoms with Crippen molar-refractivity contribution in [3.8, 4) is 0 Å². The van der Waals surface area contributed by atoms with Crippen LogP contribution in [0.4, 0.5) is 0 Å². The fourth-order valence-electron chi connectivity index (χ4n) is 1.62. The van der Waals surface area contributed by atoms with Gasteiger partial charge >= 0.3 is 0 Å². The number of unbranched alkanes of at least 4 members (excludes halogenated alkanes) is 1. The van der Waals surface area contributed by atoms with Crippen LogP contribution in [0, 0.1) is 11.8 Å². The lowest BCUT2D eigenvalue weighted by Gasteiger charge is -2.21. The van der Waals surface area contributed by atoms with Gasteiger partial charge in [0.1, 0.15) is 0 Å². The first-order chi connectivity index (χ1) is 7.07.